The molecule has 146 valence electrons. The topological polar surface area (TPSA) is 66.1 Å². The zero-order valence-electron chi connectivity index (χ0n) is 16.5. The molecule has 0 spiro atoms. The number of carbonyl (C=O) groups excluding carboxylic acids is 1. The van der Waals surface area contributed by atoms with Gasteiger partial charge in [-0.2, -0.15) is 9.78 Å². The number of rotatable bonds is 4. The molecule has 0 bridgehead atoms. The molecule has 4 rings (SSSR count). The summed E-state index contributed by atoms with van der Waals surface area (Å²) in [6, 6.07) is 17.3. The molecule has 0 fully saturated rings. The van der Waals surface area contributed by atoms with Crippen LogP contribution in [0.1, 0.15) is 34.5 Å². The molecule has 6 nitrogen and oxygen atoms in total. The molecule has 2 aromatic carbocycles. The van der Waals surface area contributed by atoms with E-state index in [1.807, 2.05) is 73.0 Å². The van der Waals surface area contributed by atoms with Gasteiger partial charge in [0.25, 0.3) is 5.56 Å². The van der Waals surface area contributed by atoms with Crippen molar-refractivity contribution in [3.63, 3.8) is 0 Å². The minimum Gasteiger partial charge on any atom is -0.465 e. The normalized spacial score (nSPS) is 12.1. The average Bonchev–Trinajstić information content (AvgIpc) is 3.09. The number of benzene rings is 2. The van der Waals surface area contributed by atoms with Crippen LogP contribution in [0.15, 0.2) is 71.8 Å². The van der Waals surface area contributed by atoms with Crippen molar-refractivity contribution >= 4 is 5.97 Å². The third-order valence-corrected chi connectivity index (χ3v) is 5.17. The van der Waals surface area contributed by atoms with Crippen LogP contribution >= 0.6 is 0 Å². The quantitative estimate of drug-likeness (QED) is 0.499. The lowest BCUT2D eigenvalue weighted by molar-refractivity contribution is 0.0600. The predicted octanol–water partition coefficient (Wildman–Crippen LogP) is 3.84. The Morgan fingerprint density at radius 1 is 1.03 bits per heavy atom. The number of para-hydroxylation sites is 1. The third-order valence-electron chi connectivity index (χ3n) is 5.17. The molecule has 0 amide bonds. The van der Waals surface area contributed by atoms with E-state index in [0.29, 0.717) is 16.9 Å². The number of esters is 1. The summed E-state index contributed by atoms with van der Waals surface area (Å²) in [5.74, 6) is -0.529. The van der Waals surface area contributed by atoms with E-state index in [4.69, 9.17) is 4.74 Å². The molecule has 0 aliphatic carbocycles. The van der Waals surface area contributed by atoms with Gasteiger partial charge in [0, 0.05) is 12.4 Å². The smallest absolute Gasteiger partial charge is 0.341 e. The molecule has 0 saturated heterocycles. The molecule has 2 aliphatic heterocycles. The Hall–Kier alpha value is -3.67. The number of aryl methyl sites for hydroxylation is 1. The van der Waals surface area contributed by atoms with Gasteiger partial charge in [0.1, 0.15) is 11.3 Å². The van der Waals surface area contributed by atoms with Crippen LogP contribution in [-0.2, 0) is 4.74 Å². The molecule has 1 unspecified atom stereocenters. The number of nitrogens with zero attached hydrogens (tertiary/aromatic N) is 3. The highest BCUT2D eigenvalue weighted by Crippen LogP contribution is 2.27. The van der Waals surface area contributed by atoms with Gasteiger partial charge in [-0.25, -0.2) is 4.79 Å². The summed E-state index contributed by atoms with van der Waals surface area (Å²) in [6.45, 7) is 3.93. The number of methoxy groups -OCH3 is 1. The minimum atomic E-state index is -0.529. The van der Waals surface area contributed by atoms with Gasteiger partial charge < -0.3 is 9.30 Å². The highest BCUT2D eigenvalue weighted by molar-refractivity contribution is 5.96. The van der Waals surface area contributed by atoms with E-state index in [1.54, 1.807) is 12.4 Å². The predicted molar refractivity (Wildman–Crippen MR) is 111 cm³/mol. The van der Waals surface area contributed by atoms with Crippen LogP contribution in [0.2, 0.25) is 0 Å². The van der Waals surface area contributed by atoms with E-state index in [9.17, 15) is 9.59 Å². The number of hydrogen-bond acceptors (Lipinski definition) is 4. The maximum atomic E-state index is 13.2. The van der Waals surface area contributed by atoms with Gasteiger partial charge in [0.05, 0.1) is 24.4 Å². The van der Waals surface area contributed by atoms with Gasteiger partial charge in [0.15, 0.2) is 0 Å². The summed E-state index contributed by atoms with van der Waals surface area (Å²) in [5.41, 5.74) is 3.37. The van der Waals surface area contributed by atoms with Crippen molar-refractivity contribution in [2.75, 3.05) is 7.11 Å². The van der Waals surface area contributed by atoms with E-state index in [2.05, 4.69) is 5.10 Å². The Bertz CT molecular complexity index is 1210. The van der Waals surface area contributed by atoms with Gasteiger partial charge in [-0.1, -0.05) is 48.5 Å². The van der Waals surface area contributed by atoms with Crippen LogP contribution in [0.25, 0.3) is 16.9 Å². The lowest BCUT2D eigenvalue weighted by atomic mass is 10.1. The summed E-state index contributed by atoms with van der Waals surface area (Å²) < 4.78 is 8.17. The van der Waals surface area contributed by atoms with E-state index in [0.717, 1.165) is 11.1 Å². The van der Waals surface area contributed by atoms with E-state index in [-0.39, 0.29) is 17.2 Å². The molecule has 2 heterocycles. The van der Waals surface area contributed by atoms with Crippen molar-refractivity contribution in [3.8, 4) is 16.9 Å². The average molecular weight is 387 g/mol. The largest absolute Gasteiger partial charge is 0.465 e. The number of carbonyl (C=O) groups is 1. The van der Waals surface area contributed by atoms with Crippen molar-refractivity contribution in [1.82, 2.24) is 14.3 Å². The summed E-state index contributed by atoms with van der Waals surface area (Å²) in [6.07, 6.45) is 3.45. The fourth-order valence-electron chi connectivity index (χ4n) is 3.48. The molecular formula is C23H21N3O3. The standard InChI is InChI=1S/C23H21N3O3/c1-15-9-7-8-12-20(15)26-22(27)18-13-25(16(2)17-10-5-4-6-11-17)14-19(21(18)24-26)23(28)29-3/h4-14,16H,1-3H3. The van der Waals surface area contributed by atoms with Gasteiger partial charge >= 0.3 is 5.97 Å². The second-order valence-corrected chi connectivity index (χ2v) is 6.96. The molecule has 0 saturated carbocycles. The maximum Gasteiger partial charge on any atom is 0.341 e. The first-order valence-corrected chi connectivity index (χ1v) is 9.35. The first-order chi connectivity index (χ1) is 14.0. The Morgan fingerprint density at radius 3 is 2.41 bits per heavy atom. The van der Waals surface area contributed by atoms with Crippen molar-refractivity contribution < 1.29 is 9.53 Å². The van der Waals surface area contributed by atoms with Crippen LogP contribution in [-0.4, -0.2) is 27.4 Å². The van der Waals surface area contributed by atoms with E-state index in [1.165, 1.54) is 11.8 Å². The molecule has 0 N–H and O–H groups in total. The zero-order chi connectivity index (χ0) is 20.5. The van der Waals surface area contributed by atoms with Crippen molar-refractivity contribution in [1.29, 1.82) is 0 Å². The molecule has 6 heteroatoms. The molecular weight excluding hydrogens is 366 g/mol. The Labute approximate surface area is 168 Å². The number of aromatic nitrogens is 3. The number of ether oxygens (including phenoxy) is 1. The van der Waals surface area contributed by atoms with Crippen LogP contribution in [0, 0.1) is 6.92 Å². The van der Waals surface area contributed by atoms with Crippen molar-refractivity contribution in [3.05, 3.63) is 94.0 Å². The van der Waals surface area contributed by atoms with Gasteiger partial charge in [-0.05, 0) is 31.0 Å². The fraction of sp³-hybridized carbons (Fsp3) is 0.174. The number of hydrogen-bond donors (Lipinski definition) is 0. The molecule has 0 radical (unpaired) electrons. The SMILES string of the molecule is COC(=O)c1cn(C(C)c2ccccc2)cc2c(=O)n(-c3ccccc3C)nc1-2. The second-order valence-electron chi connectivity index (χ2n) is 6.96. The summed E-state index contributed by atoms with van der Waals surface area (Å²) >= 11 is 0. The first kappa shape index (κ1) is 18.7. The monoisotopic (exact) mass is 387 g/mol. The summed E-state index contributed by atoms with van der Waals surface area (Å²) in [5, 5.41) is 4.48. The molecule has 2 aliphatic rings. The highest BCUT2D eigenvalue weighted by Gasteiger charge is 2.26. The minimum absolute atomic E-state index is 0.0785. The molecule has 2 aromatic rings. The highest BCUT2D eigenvalue weighted by atomic mass is 16.5. The van der Waals surface area contributed by atoms with Gasteiger partial charge in [-0.15, -0.1) is 0 Å². The van der Waals surface area contributed by atoms with Gasteiger partial charge in [0.2, 0.25) is 0 Å². The fourth-order valence-corrected chi connectivity index (χ4v) is 3.48. The maximum absolute atomic E-state index is 13.2. The van der Waals surface area contributed by atoms with Crippen molar-refractivity contribution in [2.24, 2.45) is 0 Å². The van der Waals surface area contributed by atoms with Crippen LogP contribution in [0.4, 0.5) is 0 Å². The van der Waals surface area contributed by atoms with E-state index < -0.39 is 5.97 Å². The first-order valence-electron chi connectivity index (χ1n) is 9.35. The third kappa shape index (κ3) is 3.23. The van der Waals surface area contributed by atoms with E-state index >= 15 is 0 Å². The van der Waals surface area contributed by atoms with Crippen molar-refractivity contribution in [2.45, 2.75) is 19.9 Å². The Kier molecular flexibility index (Phi) is 4.76. The van der Waals surface area contributed by atoms with Crippen LogP contribution in [0.5, 0.6) is 0 Å². The lowest BCUT2D eigenvalue weighted by Crippen LogP contribution is -2.17. The number of fused-ring (bicyclic) bond motifs is 1. The Morgan fingerprint density at radius 2 is 1.72 bits per heavy atom. The molecule has 29 heavy (non-hydrogen) atoms. The summed E-state index contributed by atoms with van der Waals surface area (Å²) in [4.78, 5) is 25.7. The zero-order valence-corrected chi connectivity index (χ0v) is 16.5. The van der Waals surface area contributed by atoms with Gasteiger partial charge in [-0.3, -0.25) is 4.79 Å². The second kappa shape index (κ2) is 7.39. The molecule has 0 aromatic heterocycles. The molecule has 1 atom stereocenters. The lowest BCUT2D eigenvalue weighted by Gasteiger charge is -2.19. The van der Waals surface area contributed by atoms with Crippen LogP contribution < -0.4 is 5.56 Å². The Balaban J connectivity index is 1.96. The summed E-state index contributed by atoms with van der Waals surface area (Å²) in [7, 11) is 1.32. The number of pyridine rings is 1. The van der Waals surface area contributed by atoms with Crippen LogP contribution in [0.3, 0.4) is 0 Å².